The first-order valence-electron chi connectivity index (χ1n) is 7.85. The number of carbonyl (C=O) groups is 2. The molecule has 1 aliphatic rings. The van der Waals surface area contributed by atoms with E-state index in [1.54, 1.807) is 38.1 Å². The minimum atomic E-state index is -0.724. The molecule has 1 amide bonds. The molecule has 0 saturated heterocycles. The van der Waals surface area contributed by atoms with Gasteiger partial charge in [-0.2, -0.15) is 5.26 Å². The number of rotatable bonds is 6. The van der Waals surface area contributed by atoms with Crippen molar-refractivity contribution < 1.29 is 23.8 Å². The molecule has 0 unspecified atom stereocenters. The van der Waals surface area contributed by atoms with Gasteiger partial charge in [0.1, 0.15) is 23.2 Å². The van der Waals surface area contributed by atoms with E-state index in [9.17, 15) is 14.9 Å². The van der Waals surface area contributed by atoms with E-state index >= 15 is 0 Å². The molecule has 1 aromatic carbocycles. The Morgan fingerprint density at radius 2 is 1.96 bits per heavy atom. The van der Waals surface area contributed by atoms with Crippen molar-refractivity contribution in [1.82, 2.24) is 0 Å². The Hall–Kier alpha value is -3.47. The van der Waals surface area contributed by atoms with E-state index in [-0.39, 0.29) is 36.0 Å². The van der Waals surface area contributed by atoms with Gasteiger partial charge in [0.05, 0.1) is 18.1 Å². The van der Waals surface area contributed by atoms with E-state index in [1.165, 1.54) is 0 Å². The van der Waals surface area contributed by atoms with E-state index in [4.69, 9.17) is 25.7 Å². The topological polar surface area (TPSA) is 138 Å². The van der Waals surface area contributed by atoms with Crippen molar-refractivity contribution in [3.8, 4) is 11.8 Å². The molecule has 136 valence electrons. The van der Waals surface area contributed by atoms with Crippen molar-refractivity contribution in [2.24, 2.45) is 11.5 Å². The third-order valence-electron chi connectivity index (χ3n) is 3.70. The minimum absolute atomic E-state index is 0.0582. The molecule has 0 bridgehead atoms. The molecule has 4 N–H and O–H groups in total. The lowest BCUT2D eigenvalue weighted by molar-refractivity contribution is -0.139. The molecule has 8 heteroatoms. The number of carbonyl (C=O) groups excluding carboxylic acids is 2. The molecule has 0 radical (unpaired) electrons. The number of amides is 1. The highest BCUT2D eigenvalue weighted by Gasteiger charge is 2.36. The first-order chi connectivity index (χ1) is 12.4. The third-order valence-corrected chi connectivity index (χ3v) is 3.70. The number of primary amides is 1. The van der Waals surface area contributed by atoms with Gasteiger partial charge in [-0.15, -0.1) is 0 Å². The molecule has 0 fully saturated rings. The summed E-state index contributed by atoms with van der Waals surface area (Å²) in [6, 6.07) is 8.56. The second kappa shape index (κ2) is 8.07. The summed E-state index contributed by atoms with van der Waals surface area (Å²) in [6.07, 6.45) is 0. The molecular weight excluding hydrogens is 338 g/mol. The first-order valence-corrected chi connectivity index (χ1v) is 7.85. The maximum atomic E-state index is 12.4. The Balaban J connectivity index is 2.43. The Kier molecular flexibility index (Phi) is 5.86. The van der Waals surface area contributed by atoms with Gasteiger partial charge in [0.2, 0.25) is 5.88 Å². The summed E-state index contributed by atoms with van der Waals surface area (Å²) in [4.78, 5) is 23.2. The Labute approximate surface area is 150 Å². The van der Waals surface area contributed by atoms with Crippen LogP contribution >= 0.6 is 0 Å². The van der Waals surface area contributed by atoms with E-state index < -0.39 is 17.8 Å². The van der Waals surface area contributed by atoms with Crippen LogP contribution in [0.25, 0.3) is 0 Å². The molecule has 26 heavy (non-hydrogen) atoms. The van der Waals surface area contributed by atoms with Gasteiger partial charge in [-0.05, 0) is 31.5 Å². The summed E-state index contributed by atoms with van der Waals surface area (Å²) in [6.45, 7) is 3.21. The van der Waals surface area contributed by atoms with Crippen LogP contribution < -0.4 is 16.2 Å². The summed E-state index contributed by atoms with van der Waals surface area (Å²) in [5, 5.41) is 9.49. The SMILES string of the molecule is CCOC(=O)C1=C(C)OC(N)=C(C#N)[C@H]1c1ccc(OCC(N)=O)cc1. The highest BCUT2D eigenvalue weighted by molar-refractivity contribution is 5.92. The molecule has 0 saturated carbocycles. The number of hydrogen-bond acceptors (Lipinski definition) is 7. The number of hydrogen-bond donors (Lipinski definition) is 2. The summed E-state index contributed by atoms with van der Waals surface area (Å²) >= 11 is 0. The predicted molar refractivity (Wildman–Crippen MR) is 91.1 cm³/mol. The second-order valence-electron chi connectivity index (χ2n) is 5.44. The fourth-order valence-corrected chi connectivity index (χ4v) is 2.60. The third kappa shape index (κ3) is 3.95. The molecular formula is C18H19N3O5. The molecule has 8 nitrogen and oxygen atoms in total. The van der Waals surface area contributed by atoms with Gasteiger partial charge in [-0.25, -0.2) is 4.79 Å². The number of allylic oxidation sites excluding steroid dienone is 2. The average Bonchev–Trinajstić information content (AvgIpc) is 2.60. The normalized spacial score (nSPS) is 16.6. The van der Waals surface area contributed by atoms with Crippen LogP contribution in [0.5, 0.6) is 5.75 Å². The lowest BCUT2D eigenvalue weighted by Crippen LogP contribution is -2.25. The van der Waals surface area contributed by atoms with E-state index in [0.717, 1.165) is 0 Å². The monoisotopic (exact) mass is 357 g/mol. The zero-order valence-electron chi connectivity index (χ0n) is 14.4. The van der Waals surface area contributed by atoms with Crippen molar-refractivity contribution in [2.45, 2.75) is 19.8 Å². The molecule has 1 atom stereocenters. The molecule has 1 heterocycles. The van der Waals surface area contributed by atoms with Crippen LogP contribution in [0.15, 0.2) is 47.1 Å². The van der Waals surface area contributed by atoms with Crippen LogP contribution in [0.1, 0.15) is 25.3 Å². The van der Waals surface area contributed by atoms with Gasteiger partial charge in [0.25, 0.3) is 5.91 Å². The van der Waals surface area contributed by atoms with Gasteiger partial charge >= 0.3 is 5.97 Å². The zero-order chi connectivity index (χ0) is 19.3. The lowest BCUT2D eigenvalue weighted by Gasteiger charge is -2.26. The van der Waals surface area contributed by atoms with Crippen LogP contribution in [0.3, 0.4) is 0 Å². The van der Waals surface area contributed by atoms with Gasteiger partial charge in [0, 0.05) is 0 Å². The zero-order valence-corrected chi connectivity index (χ0v) is 14.4. The van der Waals surface area contributed by atoms with Gasteiger partial charge in [-0.3, -0.25) is 4.79 Å². The number of benzene rings is 1. The highest BCUT2D eigenvalue weighted by atomic mass is 16.5. The summed E-state index contributed by atoms with van der Waals surface area (Å²) in [5.41, 5.74) is 11.8. The van der Waals surface area contributed by atoms with E-state index in [0.29, 0.717) is 11.3 Å². The fraction of sp³-hybridized carbons (Fsp3) is 0.278. The van der Waals surface area contributed by atoms with Crippen molar-refractivity contribution in [2.75, 3.05) is 13.2 Å². The summed E-state index contributed by atoms with van der Waals surface area (Å²) < 4.78 is 15.7. The van der Waals surface area contributed by atoms with Crippen molar-refractivity contribution in [3.05, 3.63) is 52.6 Å². The molecule has 1 aliphatic heterocycles. The van der Waals surface area contributed by atoms with Gasteiger partial charge in [-0.1, -0.05) is 12.1 Å². The number of ether oxygens (including phenoxy) is 3. The standard InChI is InChI=1S/C18H19N3O5/c1-3-24-18(23)15-10(2)26-17(21)13(8-19)16(15)11-4-6-12(7-5-11)25-9-14(20)22/h4-7,16H,3,9,21H2,1-2H3,(H2,20,22)/t16-/m1/s1. The molecule has 2 rings (SSSR count). The molecule has 0 aromatic heterocycles. The minimum Gasteiger partial charge on any atom is -0.484 e. The van der Waals surface area contributed by atoms with Crippen LogP contribution in [0, 0.1) is 11.3 Å². The Morgan fingerprint density at radius 1 is 1.31 bits per heavy atom. The number of nitriles is 1. The number of nitrogens with zero attached hydrogens (tertiary/aromatic N) is 1. The predicted octanol–water partition coefficient (Wildman–Crippen LogP) is 1.20. The number of esters is 1. The highest BCUT2D eigenvalue weighted by Crippen LogP contribution is 2.39. The van der Waals surface area contributed by atoms with Gasteiger partial charge < -0.3 is 25.7 Å². The second-order valence-corrected chi connectivity index (χ2v) is 5.44. The molecule has 1 aromatic rings. The van der Waals surface area contributed by atoms with Crippen molar-refractivity contribution in [1.29, 1.82) is 5.26 Å². The van der Waals surface area contributed by atoms with Crippen molar-refractivity contribution in [3.63, 3.8) is 0 Å². The summed E-state index contributed by atoms with van der Waals surface area (Å²) in [5.74, 6) is -1.25. The Morgan fingerprint density at radius 3 is 2.50 bits per heavy atom. The van der Waals surface area contributed by atoms with E-state index in [2.05, 4.69) is 0 Å². The van der Waals surface area contributed by atoms with Crippen LogP contribution in [-0.4, -0.2) is 25.1 Å². The van der Waals surface area contributed by atoms with Gasteiger partial charge in [0.15, 0.2) is 6.61 Å². The molecule has 0 spiro atoms. The van der Waals surface area contributed by atoms with Crippen LogP contribution in [0.2, 0.25) is 0 Å². The van der Waals surface area contributed by atoms with Crippen LogP contribution in [0.4, 0.5) is 0 Å². The average molecular weight is 357 g/mol. The maximum Gasteiger partial charge on any atom is 0.338 e. The molecule has 0 aliphatic carbocycles. The largest absolute Gasteiger partial charge is 0.484 e. The smallest absolute Gasteiger partial charge is 0.338 e. The fourth-order valence-electron chi connectivity index (χ4n) is 2.60. The van der Waals surface area contributed by atoms with Crippen molar-refractivity contribution >= 4 is 11.9 Å². The lowest BCUT2D eigenvalue weighted by atomic mass is 9.83. The summed E-state index contributed by atoms with van der Waals surface area (Å²) in [7, 11) is 0. The van der Waals surface area contributed by atoms with E-state index in [1.807, 2.05) is 6.07 Å². The first kappa shape index (κ1) is 18.9. The van der Waals surface area contributed by atoms with Crippen LogP contribution in [-0.2, 0) is 19.1 Å². The number of nitrogens with two attached hydrogens (primary N) is 2. The quantitative estimate of drug-likeness (QED) is 0.729. The maximum absolute atomic E-state index is 12.4. The Bertz CT molecular complexity index is 818.